The van der Waals surface area contributed by atoms with Crippen molar-refractivity contribution < 1.29 is 17.9 Å². The lowest BCUT2D eigenvalue weighted by Gasteiger charge is -2.25. The number of anilines is 1. The number of hydrogen-bond acceptors (Lipinski definition) is 4. The van der Waals surface area contributed by atoms with Gasteiger partial charge < -0.3 is 9.47 Å². The van der Waals surface area contributed by atoms with Gasteiger partial charge in [0.1, 0.15) is 0 Å². The van der Waals surface area contributed by atoms with E-state index in [-0.39, 0.29) is 11.4 Å². The van der Waals surface area contributed by atoms with Crippen molar-refractivity contribution in [2.45, 2.75) is 18.7 Å². The van der Waals surface area contributed by atoms with Crippen LogP contribution in [-0.4, -0.2) is 29.2 Å². The number of nitrogens with zero attached hydrogens (tertiary/aromatic N) is 1. The number of halogens is 1. The third kappa shape index (κ3) is 3.44. The quantitative estimate of drug-likeness (QED) is 0.775. The van der Waals surface area contributed by atoms with Crippen LogP contribution in [0.4, 0.5) is 5.69 Å². The first kappa shape index (κ1) is 18.4. The Morgan fingerprint density at radius 1 is 1.04 bits per heavy atom. The number of aryl methyl sites for hydroxylation is 1. The highest BCUT2D eigenvalue weighted by Crippen LogP contribution is 2.33. The second kappa shape index (κ2) is 7.32. The maximum atomic E-state index is 13.1. The summed E-state index contributed by atoms with van der Waals surface area (Å²) < 4.78 is 37.9. The minimum Gasteiger partial charge on any atom is -0.493 e. The second-order valence-corrected chi connectivity index (χ2v) is 7.42. The Kier molecular flexibility index (Phi) is 5.62. The van der Waals surface area contributed by atoms with Crippen LogP contribution in [0.15, 0.2) is 41.3 Å². The van der Waals surface area contributed by atoms with Gasteiger partial charge in [-0.3, -0.25) is 4.31 Å². The molecule has 24 heavy (non-hydrogen) atoms. The van der Waals surface area contributed by atoms with Crippen molar-refractivity contribution in [1.82, 2.24) is 0 Å². The van der Waals surface area contributed by atoms with E-state index in [9.17, 15) is 8.42 Å². The van der Waals surface area contributed by atoms with Crippen LogP contribution in [0.3, 0.4) is 0 Å². The van der Waals surface area contributed by atoms with E-state index in [2.05, 4.69) is 0 Å². The molecule has 0 radical (unpaired) electrons. The monoisotopic (exact) mass is 369 g/mol. The van der Waals surface area contributed by atoms with Crippen molar-refractivity contribution in [3.63, 3.8) is 0 Å². The summed E-state index contributed by atoms with van der Waals surface area (Å²) in [6.45, 7) is 3.90. The third-order valence-electron chi connectivity index (χ3n) is 3.67. The highest BCUT2D eigenvalue weighted by molar-refractivity contribution is 7.92. The molecule has 0 saturated carbocycles. The molecule has 2 aromatic carbocycles. The van der Waals surface area contributed by atoms with Crippen LogP contribution in [0.25, 0.3) is 0 Å². The van der Waals surface area contributed by atoms with Crippen molar-refractivity contribution in [1.29, 1.82) is 0 Å². The summed E-state index contributed by atoms with van der Waals surface area (Å²) in [7, 11) is -0.797. The third-order valence-corrected chi connectivity index (χ3v) is 5.79. The van der Waals surface area contributed by atoms with Crippen molar-refractivity contribution in [3.05, 3.63) is 47.0 Å². The molecule has 2 rings (SSSR count). The van der Waals surface area contributed by atoms with Gasteiger partial charge in [-0.1, -0.05) is 17.7 Å². The number of benzene rings is 2. The SMILES string of the molecule is CCN(c1cc(Cl)ccc1C)S(=O)(=O)c1ccc(OC)c(OC)c1. The maximum Gasteiger partial charge on any atom is 0.264 e. The Hall–Kier alpha value is -1.92. The predicted octanol–water partition coefficient (Wildman–Crippen LogP) is 3.88. The average molecular weight is 370 g/mol. The number of methoxy groups -OCH3 is 2. The second-order valence-electron chi connectivity index (χ2n) is 5.12. The lowest BCUT2D eigenvalue weighted by Crippen LogP contribution is -2.31. The summed E-state index contributed by atoms with van der Waals surface area (Å²) in [4.78, 5) is 0.126. The largest absolute Gasteiger partial charge is 0.493 e. The molecule has 5 nitrogen and oxygen atoms in total. The molecule has 0 N–H and O–H groups in total. The molecule has 7 heteroatoms. The molecule has 0 unspecified atom stereocenters. The Morgan fingerprint density at radius 2 is 1.71 bits per heavy atom. The summed E-state index contributed by atoms with van der Waals surface area (Å²) in [5.74, 6) is 0.830. The zero-order valence-corrected chi connectivity index (χ0v) is 15.6. The lowest BCUT2D eigenvalue weighted by molar-refractivity contribution is 0.354. The number of rotatable bonds is 6. The van der Waals surface area contributed by atoms with Crippen molar-refractivity contribution in [3.8, 4) is 11.5 Å². The molecule has 0 spiro atoms. The topological polar surface area (TPSA) is 55.8 Å². The van der Waals surface area contributed by atoms with Crippen molar-refractivity contribution >= 4 is 27.3 Å². The van der Waals surface area contributed by atoms with Gasteiger partial charge in [-0.25, -0.2) is 8.42 Å². The Labute approximate surface area is 147 Å². The zero-order chi connectivity index (χ0) is 17.9. The molecule has 0 aromatic heterocycles. The molecule has 0 aliphatic rings. The van der Waals surface area contributed by atoms with Crippen LogP contribution in [0.1, 0.15) is 12.5 Å². The summed E-state index contributed by atoms with van der Waals surface area (Å²) in [6.07, 6.45) is 0. The molecule has 0 bridgehead atoms. The molecule has 0 atom stereocenters. The molecule has 0 heterocycles. The standard InChI is InChI=1S/C17H20ClNO4S/c1-5-19(15-10-13(18)7-6-12(15)2)24(20,21)14-8-9-16(22-3)17(11-14)23-4/h6-11H,5H2,1-4H3. The van der Waals surface area contributed by atoms with E-state index in [1.165, 1.54) is 30.7 Å². The average Bonchev–Trinajstić information content (AvgIpc) is 2.57. The van der Waals surface area contributed by atoms with E-state index < -0.39 is 10.0 Å². The molecule has 2 aromatic rings. The first-order valence-corrected chi connectivity index (χ1v) is 9.17. The van der Waals surface area contributed by atoms with Crippen LogP contribution in [0.5, 0.6) is 11.5 Å². The van der Waals surface area contributed by atoms with Crippen LogP contribution in [0.2, 0.25) is 5.02 Å². The Balaban J connectivity index is 2.57. The Morgan fingerprint density at radius 3 is 2.29 bits per heavy atom. The van der Waals surface area contributed by atoms with E-state index in [0.29, 0.717) is 22.2 Å². The molecule has 0 fully saturated rings. The normalized spacial score (nSPS) is 11.2. The summed E-state index contributed by atoms with van der Waals surface area (Å²) in [5.41, 5.74) is 1.38. The van der Waals surface area contributed by atoms with Gasteiger partial charge >= 0.3 is 0 Å². The van der Waals surface area contributed by atoms with Gasteiger partial charge in [0.15, 0.2) is 11.5 Å². The summed E-state index contributed by atoms with van der Waals surface area (Å²) in [5, 5.41) is 0.483. The fourth-order valence-corrected chi connectivity index (χ4v) is 4.14. The van der Waals surface area contributed by atoms with Gasteiger partial charge in [0, 0.05) is 17.6 Å². The fourth-order valence-electron chi connectivity index (χ4n) is 2.43. The summed E-state index contributed by atoms with van der Waals surface area (Å²) >= 11 is 6.04. The minimum absolute atomic E-state index is 0.126. The van der Waals surface area contributed by atoms with Crippen LogP contribution in [-0.2, 0) is 10.0 Å². The first-order valence-electron chi connectivity index (χ1n) is 7.36. The van der Waals surface area contributed by atoms with E-state index in [1.807, 2.05) is 6.92 Å². The lowest BCUT2D eigenvalue weighted by atomic mass is 10.2. The maximum absolute atomic E-state index is 13.1. The molecule has 0 amide bonds. The summed E-state index contributed by atoms with van der Waals surface area (Å²) in [6, 6.07) is 9.71. The van der Waals surface area contributed by atoms with Gasteiger partial charge in [0.2, 0.25) is 0 Å². The highest BCUT2D eigenvalue weighted by atomic mass is 35.5. The number of ether oxygens (including phenoxy) is 2. The number of hydrogen-bond donors (Lipinski definition) is 0. The van der Waals surface area contributed by atoms with Gasteiger partial charge in [-0.05, 0) is 43.7 Å². The van der Waals surface area contributed by atoms with Gasteiger partial charge in [-0.2, -0.15) is 0 Å². The van der Waals surface area contributed by atoms with Crippen LogP contribution < -0.4 is 13.8 Å². The van der Waals surface area contributed by atoms with Crippen molar-refractivity contribution in [2.24, 2.45) is 0 Å². The molecule has 0 aliphatic heterocycles. The molecular formula is C17H20ClNO4S. The van der Waals surface area contributed by atoms with E-state index in [1.54, 1.807) is 31.2 Å². The van der Waals surface area contributed by atoms with E-state index in [4.69, 9.17) is 21.1 Å². The van der Waals surface area contributed by atoms with Crippen LogP contribution in [0, 0.1) is 6.92 Å². The minimum atomic E-state index is -3.76. The molecule has 0 aliphatic carbocycles. The van der Waals surface area contributed by atoms with Gasteiger partial charge in [0.25, 0.3) is 10.0 Å². The molecule has 130 valence electrons. The first-order chi connectivity index (χ1) is 11.3. The smallest absolute Gasteiger partial charge is 0.264 e. The highest BCUT2D eigenvalue weighted by Gasteiger charge is 2.26. The van der Waals surface area contributed by atoms with Crippen molar-refractivity contribution in [2.75, 3.05) is 25.1 Å². The van der Waals surface area contributed by atoms with Crippen LogP contribution >= 0.6 is 11.6 Å². The molecular weight excluding hydrogens is 350 g/mol. The van der Waals surface area contributed by atoms with Gasteiger partial charge in [0.05, 0.1) is 24.8 Å². The number of sulfonamides is 1. The molecule has 0 saturated heterocycles. The van der Waals surface area contributed by atoms with Gasteiger partial charge in [-0.15, -0.1) is 0 Å². The predicted molar refractivity (Wildman–Crippen MR) is 95.9 cm³/mol. The fraction of sp³-hybridized carbons (Fsp3) is 0.294. The zero-order valence-electron chi connectivity index (χ0n) is 14.0. The van der Waals surface area contributed by atoms with E-state index >= 15 is 0 Å². The Bertz CT molecular complexity index is 836. The van der Waals surface area contributed by atoms with E-state index in [0.717, 1.165) is 5.56 Å².